The lowest BCUT2D eigenvalue weighted by Gasteiger charge is -2.20. The molecule has 0 aromatic heterocycles. The fraction of sp³-hybridized carbons (Fsp3) is 0.400. The number of rotatable bonds is 8. The van der Waals surface area contributed by atoms with Gasteiger partial charge in [-0.05, 0) is 48.8 Å². The minimum Gasteiger partial charge on any atom is -0.309 e. The van der Waals surface area contributed by atoms with Crippen LogP contribution in [0.25, 0.3) is 11.1 Å². The summed E-state index contributed by atoms with van der Waals surface area (Å²) in [4.78, 5) is 2.43. The second-order valence-corrected chi connectivity index (χ2v) is 6.27. The summed E-state index contributed by atoms with van der Waals surface area (Å²) < 4.78 is 0. The highest BCUT2D eigenvalue weighted by molar-refractivity contribution is 6.30. The first-order chi connectivity index (χ1) is 11.1. The summed E-state index contributed by atoms with van der Waals surface area (Å²) in [6.07, 6.45) is 0. The van der Waals surface area contributed by atoms with Crippen LogP contribution in [0.15, 0.2) is 48.5 Å². The van der Waals surface area contributed by atoms with Crippen LogP contribution >= 0.6 is 11.6 Å². The zero-order valence-corrected chi connectivity index (χ0v) is 15.1. The molecule has 0 fully saturated rings. The van der Waals surface area contributed by atoms with Crippen LogP contribution in [0.3, 0.4) is 0 Å². The molecule has 2 rings (SSSR count). The van der Waals surface area contributed by atoms with E-state index >= 15 is 0 Å². The number of nitrogens with zero attached hydrogens (tertiary/aromatic N) is 1. The zero-order valence-electron chi connectivity index (χ0n) is 14.3. The van der Waals surface area contributed by atoms with Gasteiger partial charge in [0.1, 0.15) is 0 Å². The minimum absolute atomic E-state index is 0.366. The van der Waals surface area contributed by atoms with Crippen LogP contribution in [0.1, 0.15) is 32.4 Å². The Kier molecular flexibility index (Phi) is 7.10. The average molecular weight is 331 g/mol. The van der Waals surface area contributed by atoms with Crippen LogP contribution in [0.4, 0.5) is 0 Å². The van der Waals surface area contributed by atoms with Crippen LogP contribution in [-0.4, -0.2) is 31.1 Å². The van der Waals surface area contributed by atoms with Crippen molar-refractivity contribution in [3.05, 3.63) is 59.1 Å². The largest absolute Gasteiger partial charge is 0.309 e. The molecule has 1 N–H and O–H groups in total. The van der Waals surface area contributed by atoms with Crippen molar-refractivity contribution < 1.29 is 0 Å². The molecule has 0 heterocycles. The molecule has 0 aliphatic rings. The van der Waals surface area contributed by atoms with Gasteiger partial charge in [0.05, 0.1) is 0 Å². The summed E-state index contributed by atoms with van der Waals surface area (Å²) in [7, 11) is 0. The Balaban J connectivity index is 1.92. The molecule has 0 saturated carbocycles. The minimum atomic E-state index is 0.366. The Hall–Kier alpha value is -1.35. The molecule has 0 spiro atoms. The third-order valence-corrected chi connectivity index (χ3v) is 4.61. The van der Waals surface area contributed by atoms with Gasteiger partial charge in [-0.3, -0.25) is 0 Å². The predicted molar refractivity (Wildman–Crippen MR) is 101 cm³/mol. The van der Waals surface area contributed by atoms with Crippen LogP contribution in [0, 0.1) is 0 Å². The fourth-order valence-electron chi connectivity index (χ4n) is 2.70. The number of benzene rings is 2. The van der Waals surface area contributed by atoms with E-state index < -0.39 is 0 Å². The summed E-state index contributed by atoms with van der Waals surface area (Å²) >= 11 is 5.95. The van der Waals surface area contributed by atoms with Crippen LogP contribution < -0.4 is 5.32 Å². The third kappa shape index (κ3) is 5.35. The molecule has 2 aromatic carbocycles. The van der Waals surface area contributed by atoms with Crippen molar-refractivity contribution in [2.75, 3.05) is 26.2 Å². The summed E-state index contributed by atoms with van der Waals surface area (Å²) in [6.45, 7) is 11.0. The number of halogens is 1. The topological polar surface area (TPSA) is 15.3 Å². The molecule has 3 heteroatoms. The molecule has 0 bridgehead atoms. The van der Waals surface area contributed by atoms with E-state index in [1.54, 1.807) is 0 Å². The Morgan fingerprint density at radius 1 is 0.913 bits per heavy atom. The second kappa shape index (κ2) is 9.07. The average Bonchev–Trinajstić information content (AvgIpc) is 2.59. The quantitative estimate of drug-likeness (QED) is 0.732. The van der Waals surface area contributed by atoms with E-state index in [4.69, 9.17) is 11.6 Å². The molecule has 1 atom stereocenters. The Bertz CT molecular complexity index is 574. The van der Waals surface area contributed by atoms with Crippen LogP contribution in [0.5, 0.6) is 0 Å². The summed E-state index contributed by atoms with van der Waals surface area (Å²) in [5, 5.41) is 4.38. The van der Waals surface area contributed by atoms with E-state index in [9.17, 15) is 0 Å². The van der Waals surface area contributed by atoms with E-state index in [-0.39, 0.29) is 0 Å². The van der Waals surface area contributed by atoms with Crippen molar-refractivity contribution in [2.24, 2.45) is 0 Å². The van der Waals surface area contributed by atoms with Crippen molar-refractivity contribution in [3.63, 3.8) is 0 Å². The van der Waals surface area contributed by atoms with E-state index in [1.165, 1.54) is 16.7 Å². The summed E-state index contributed by atoms with van der Waals surface area (Å²) in [6, 6.07) is 17.1. The third-order valence-electron chi connectivity index (χ3n) is 4.36. The zero-order chi connectivity index (χ0) is 16.7. The monoisotopic (exact) mass is 330 g/mol. The first-order valence-corrected chi connectivity index (χ1v) is 8.83. The summed E-state index contributed by atoms with van der Waals surface area (Å²) in [5.41, 5.74) is 3.74. The van der Waals surface area contributed by atoms with E-state index in [1.807, 2.05) is 12.1 Å². The van der Waals surface area contributed by atoms with E-state index in [0.29, 0.717) is 6.04 Å². The van der Waals surface area contributed by atoms with Gasteiger partial charge in [0.25, 0.3) is 0 Å². The first kappa shape index (κ1) is 18.0. The lowest BCUT2D eigenvalue weighted by molar-refractivity contribution is 0.298. The molecule has 2 nitrogen and oxygen atoms in total. The van der Waals surface area contributed by atoms with Crippen molar-refractivity contribution in [2.45, 2.75) is 26.8 Å². The highest BCUT2D eigenvalue weighted by Gasteiger charge is 2.06. The summed E-state index contributed by atoms with van der Waals surface area (Å²) in [5.74, 6) is 0. The molecule has 2 aromatic rings. The predicted octanol–water partition coefficient (Wildman–Crippen LogP) is 5.00. The maximum atomic E-state index is 5.95. The molecule has 0 amide bonds. The maximum Gasteiger partial charge on any atom is 0.0406 e. The van der Waals surface area contributed by atoms with Gasteiger partial charge in [-0.1, -0.05) is 61.8 Å². The van der Waals surface area contributed by atoms with Crippen molar-refractivity contribution in [1.82, 2.24) is 10.2 Å². The molecule has 23 heavy (non-hydrogen) atoms. The Morgan fingerprint density at radius 2 is 1.43 bits per heavy atom. The standard InChI is InChI=1S/C20H27ClN2/c1-4-23(5-2)15-14-22-16(3)17-6-8-18(9-7-17)19-10-12-20(21)13-11-19/h6-13,16,22H,4-5,14-15H2,1-3H3/t16-/m0/s1. The van der Waals surface area contributed by atoms with Gasteiger partial charge in [0.15, 0.2) is 0 Å². The van der Waals surface area contributed by atoms with E-state index in [2.05, 4.69) is 67.4 Å². The van der Waals surface area contributed by atoms with Gasteiger partial charge in [-0.2, -0.15) is 0 Å². The van der Waals surface area contributed by atoms with Crippen LogP contribution in [-0.2, 0) is 0 Å². The first-order valence-electron chi connectivity index (χ1n) is 8.45. The lowest BCUT2D eigenvalue weighted by Crippen LogP contribution is -2.33. The second-order valence-electron chi connectivity index (χ2n) is 5.83. The van der Waals surface area contributed by atoms with Gasteiger partial charge in [-0.15, -0.1) is 0 Å². The number of hydrogen-bond acceptors (Lipinski definition) is 2. The van der Waals surface area contributed by atoms with E-state index in [0.717, 1.165) is 31.2 Å². The Morgan fingerprint density at radius 3 is 1.96 bits per heavy atom. The van der Waals surface area contributed by atoms with Crippen molar-refractivity contribution >= 4 is 11.6 Å². The van der Waals surface area contributed by atoms with Crippen LogP contribution in [0.2, 0.25) is 5.02 Å². The molecule has 124 valence electrons. The van der Waals surface area contributed by atoms with Gasteiger partial charge >= 0.3 is 0 Å². The lowest BCUT2D eigenvalue weighted by atomic mass is 10.0. The molecule has 0 aliphatic carbocycles. The van der Waals surface area contributed by atoms with Crippen molar-refractivity contribution in [1.29, 1.82) is 0 Å². The molecule has 0 saturated heterocycles. The van der Waals surface area contributed by atoms with Gasteiger partial charge in [0.2, 0.25) is 0 Å². The van der Waals surface area contributed by atoms with Gasteiger partial charge < -0.3 is 10.2 Å². The molecule has 0 radical (unpaired) electrons. The molecular weight excluding hydrogens is 304 g/mol. The molecule has 0 unspecified atom stereocenters. The number of likely N-dealkylation sites (N-methyl/N-ethyl adjacent to an activating group) is 1. The number of nitrogens with one attached hydrogen (secondary N) is 1. The smallest absolute Gasteiger partial charge is 0.0406 e. The molecular formula is C20H27ClN2. The highest BCUT2D eigenvalue weighted by atomic mass is 35.5. The highest BCUT2D eigenvalue weighted by Crippen LogP contribution is 2.23. The van der Waals surface area contributed by atoms with Gasteiger partial charge in [0, 0.05) is 24.2 Å². The molecule has 0 aliphatic heterocycles. The Labute approximate surface area is 145 Å². The SMILES string of the molecule is CCN(CC)CCN[C@@H](C)c1ccc(-c2ccc(Cl)cc2)cc1. The fourth-order valence-corrected chi connectivity index (χ4v) is 2.83. The number of hydrogen-bond donors (Lipinski definition) is 1. The van der Waals surface area contributed by atoms with Crippen molar-refractivity contribution in [3.8, 4) is 11.1 Å². The van der Waals surface area contributed by atoms with Gasteiger partial charge in [-0.25, -0.2) is 0 Å². The normalized spacial score (nSPS) is 12.6. The maximum absolute atomic E-state index is 5.95.